The highest BCUT2D eigenvalue weighted by Crippen LogP contribution is 2.26. The SMILES string of the molecule is COc1ccc(-n2c(SCC(=O)N(C)Cc3ccc(C)o3)nnc2C(C)[NH+]2CCCCC2)cc1. The minimum atomic E-state index is 0.0135. The van der Waals surface area contributed by atoms with Crippen molar-refractivity contribution in [2.75, 3.05) is 33.0 Å². The zero-order valence-electron chi connectivity index (χ0n) is 20.4. The Morgan fingerprint density at radius 3 is 2.56 bits per heavy atom. The summed E-state index contributed by atoms with van der Waals surface area (Å²) in [6, 6.07) is 11.9. The minimum absolute atomic E-state index is 0.0135. The quantitative estimate of drug-likeness (QED) is 0.471. The lowest BCUT2D eigenvalue weighted by molar-refractivity contribution is -0.935. The van der Waals surface area contributed by atoms with E-state index >= 15 is 0 Å². The first-order chi connectivity index (χ1) is 16.5. The van der Waals surface area contributed by atoms with Gasteiger partial charge in [0.15, 0.2) is 11.0 Å². The fraction of sp³-hybridized carbons (Fsp3) is 0.480. The number of benzene rings is 1. The summed E-state index contributed by atoms with van der Waals surface area (Å²) in [5.41, 5.74) is 0.971. The second kappa shape index (κ2) is 11.1. The van der Waals surface area contributed by atoms with Gasteiger partial charge in [0, 0.05) is 12.7 Å². The molecular weight excluding hydrogens is 450 g/mol. The molecule has 1 saturated heterocycles. The molecule has 0 bridgehead atoms. The number of ether oxygens (including phenoxy) is 1. The van der Waals surface area contributed by atoms with Gasteiger partial charge in [-0.15, -0.1) is 10.2 Å². The predicted octanol–water partition coefficient (Wildman–Crippen LogP) is 3.06. The van der Waals surface area contributed by atoms with Crippen molar-refractivity contribution in [3.63, 3.8) is 0 Å². The van der Waals surface area contributed by atoms with Crippen LogP contribution in [0.3, 0.4) is 0 Å². The standard InChI is InChI=1S/C25H33N5O3S/c1-18-8-11-22(33-18)16-28(3)23(31)17-34-25-27-26-24(19(2)29-14-6-5-7-15-29)30(25)20-9-12-21(32-4)13-10-20/h8-13,19H,5-7,14-17H2,1-4H3/p+1. The van der Waals surface area contributed by atoms with E-state index in [9.17, 15) is 4.79 Å². The van der Waals surface area contributed by atoms with Gasteiger partial charge in [0.2, 0.25) is 5.91 Å². The molecule has 9 heteroatoms. The van der Waals surface area contributed by atoms with Crippen molar-refractivity contribution in [2.45, 2.75) is 50.9 Å². The van der Waals surface area contributed by atoms with Crippen LogP contribution < -0.4 is 9.64 Å². The number of aryl methyl sites for hydroxylation is 1. The molecule has 0 aliphatic carbocycles. The number of quaternary nitrogens is 1. The second-order valence-corrected chi connectivity index (χ2v) is 9.81. The fourth-order valence-corrected chi connectivity index (χ4v) is 5.28. The first-order valence-corrected chi connectivity index (χ1v) is 12.8. The van der Waals surface area contributed by atoms with E-state index in [0.717, 1.165) is 47.0 Å². The number of aromatic nitrogens is 3. The number of carbonyl (C=O) groups excluding carboxylic acids is 1. The summed E-state index contributed by atoms with van der Waals surface area (Å²) < 4.78 is 13.0. The Morgan fingerprint density at radius 2 is 1.91 bits per heavy atom. The number of amides is 1. The van der Waals surface area contributed by atoms with Gasteiger partial charge in [0.25, 0.3) is 0 Å². The maximum absolute atomic E-state index is 12.8. The maximum atomic E-state index is 12.8. The number of thioether (sulfide) groups is 1. The summed E-state index contributed by atoms with van der Waals surface area (Å²) in [5.74, 6) is 3.63. The minimum Gasteiger partial charge on any atom is -0.497 e. The van der Waals surface area contributed by atoms with Crippen LogP contribution in [0.25, 0.3) is 5.69 Å². The van der Waals surface area contributed by atoms with Gasteiger partial charge in [0.05, 0.1) is 32.5 Å². The molecule has 34 heavy (non-hydrogen) atoms. The number of hydrogen-bond donors (Lipinski definition) is 1. The summed E-state index contributed by atoms with van der Waals surface area (Å²) in [4.78, 5) is 16.1. The van der Waals surface area contributed by atoms with E-state index in [1.54, 1.807) is 19.1 Å². The lowest BCUT2D eigenvalue weighted by atomic mass is 10.1. The average molecular weight is 485 g/mol. The molecule has 1 amide bonds. The van der Waals surface area contributed by atoms with Gasteiger partial charge in [-0.1, -0.05) is 11.8 Å². The maximum Gasteiger partial charge on any atom is 0.233 e. The Balaban J connectivity index is 1.53. The van der Waals surface area contributed by atoms with Gasteiger partial charge in [0.1, 0.15) is 23.3 Å². The van der Waals surface area contributed by atoms with E-state index in [1.807, 2.05) is 43.3 Å². The molecule has 2 aromatic heterocycles. The molecule has 1 aromatic carbocycles. The monoisotopic (exact) mass is 484 g/mol. The molecule has 0 saturated carbocycles. The number of rotatable bonds is 9. The summed E-state index contributed by atoms with van der Waals surface area (Å²) >= 11 is 1.42. The molecule has 8 nitrogen and oxygen atoms in total. The Hall–Kier alpha value is -2.78. The Bertz CT molecular complexity index is 1090. The molecule has 1 aliphatic rings. The molecule has 0 radical (unpaired) electrons. The third kappa shape index (κ3) is 5.64. The van der Waals surface area contributed by atoms with Gasteiger partial charge in [-0.25, -0.2) is 0 Å². The number of methoxy groups -OCH3 is 1. The van der Waals surface area contributed by atoms with Crippen molar-refractivity contribution >= 4 is 17.7 Å². The van der Waals surface area contributed by atoms with Crippen molar-refractivity contribution in [3.05, 3.63) is 53.7 Å². The lowest BCUT2D eigenvalue weighted by Gasteiger charge is -2.29. The van der Waals surface area contributed by atoms with E-state index in [4.69, 9.17) is 9.15 Å². The van der Waals surface area contributed by atoms with Crippen LogP contribution in [-0.2, 0) is 11.3 Å². The van der Waals surface area contributed by atoms with Gasteiger partial charge in [-0.2, -0.15) is 0 Å². The summed E-state index contributed by atoms with van der Waals surface area (Å²) in [7, 11) is 3.45. The highest BCUT2D eigenvalue weighted by molar-refractivity contribution is 7.99. The number of piperidine rings is 1. The van der Waals surface area contributed by atoms with Crippen molar-refractivity contribution in [3.8, 4) is 11.4 Å². The number of nitrogens with zero attached hydrogens (tertiary/aromatic N) is 4. The average Bonchev–Trinajstić information content (AvgIpc) is 3.48. The van der Waals surface area contributed by atoms with Crippen LogP contribution in [0.5, 0.6) is 5.75 Å². The Kier molecular flexibility index (Phi) is 7.95. The topological polar surface area (TPSA) is 77.8 Å². The molecule has 1 fully saturated rings. The molecule has 0 spiro atoms. The predicted molar refractivity (Wildman–Crippen MR) is 132 cm³/mol. The second-order valence-electron chi connectivity index (χ2n) is 8.87. The molecular formula is C25H34N5O3S+. The Morgan fingerprint density at radius 1 is 1.18 bits per heavy atom. The van der Waals surface area contributed by atoms with Crippen molar-refractivity contribution in [1.82, 2.24) is 19.7 Å². The molecule has 1 unspecified atom stereocenters. The molecule has 182 valence electrons. The van der Waals surface area contributed by atoms with Crippen molar-refractivity contribution < 1.29 is 18.8 Å². The zero-order valence-corrected chi connectivity index (χ0v) is 21.2. The van der Waals surface area contributed by atoms with Crippen LogP contribution in [0, 0.1) is 6.92 Å². The number of furan rings is 1. The smallest absolute Gasteiger partial charge is 0.233 e. The largest absolute Gasteiger partial charge is 0.497 e. The molecule has 3 aromatic rings. The van der Waals surface area contributed by atoms with Gasteiger partial charge in [-0.3, -0.25) is 9.36 Å². The highest BCUT2D eigenvalue weighted by atomic mass is 32.2. The van der Waals surface area contributed by atoms with Crippen LogP contribution in [-0.4, -0.2) is 58.6 Å². The number of carbonyl (C=O) groups is 1. The van der Waals surface area contributed by atoms with Crippen molar-refractivity contribution in [2.24, 2.45) is 0 Å². The number of hydrogen-bond acceptors (Lipinski definition) is 6. The van der Waals surface area contributed by atoms with Gasteiger partial charge in [-0.05, 0) is 69.5 Å². The highest BCUT2D eigenvalue weighted by Gasteiger charge is 2.29. The summed E-state index contributed by atoms with van der Waals surface area (Å²) in [5, 5.41) is 9.84. The van der Waals surface area contributed by atoms with E-state index in [2.05, 4.69) is 21.7 Å². The normalized spacial score (nSPS) is 15.3. The van der Waals surface area contributed by atoms with Gasteiger partial charge >= 0.3 is 0 Å². The first-order valence-electron chi connectivity index (χ1n) is 11.8. The molecule has 1 atom stereocenters. The molecule has 1 aliphatic heterocycles. The van der Waals surface area contributed by atoms with Gasteiger partial charge < -0.3 is 19.0 Å². The van der Waals surface area contributed by atoms with E-state index < -0.39 is 0 Å². The number of nitrogens with one attached hydrogen (secondary N) is 1. The van der Waals surface area contributed by atoms with E-state index in [1.165, 1.54) is 35.9 Å². The Labute approximate surface area is 205 Å². The summed E-state index contributed by atoms with van der Waals surface area (Å²) in [6.07, 6.45) is 3.79. The van der Waals surface area contributed by atoms with Crippen LogP contribution in [0.2, 0.25) is 0 Å². The lowest BCUT2D eigenvalue weighted by Crippen LogP contribution is -3.12. The first kappa shape index (κ1) is 24.3. The zero-order chi connectivity index (χ0) is 24.1. The van der Waals surface area contributed by atoms with Crippen LogP contribution in [0.1, 0.15) is 49.6 Å². The third-order valence-corrected chi connectivity index (χ3v) is 7.34. The molecule has 4 rings (SSSR count). The van der Waals surface area contributed by atoms with Crippen LogP contribution in [0.15, 0.2) is 46.0 Å². The van der Waals surface area contributed by atoms with E-state index in [0.29, 0.717) is 6.54 Å². The third-order valence-electron chi connectivity index (χ3n) is 6.42. The van der Waals surface area contributed by atoms with Crippen LogP contribution in [0.4, 0.5) is 0 Å². The molecule has 3 heterocycles. The van der Waals surface area contributed by atoms with Crippen molar-refractivity contribution in [1.29, 1.82) is 0 Å². The number of likely N-dealkylation sites (tertiary alicyclic amines) is 1. The molecule has 1 N–H and O–H groups in total. The summed E-state index contributed by atoms with van der Waals surface area (Å²) in [6.45, 7) is 6.86. The fourth-order valence-electron chi connectivity index (χ4n) is 4.38. The van der Waals surface area contributed by atoms with Crippen LogP contribution >= 0.6 is 11.8 Å². The van der Waals surface area contributed by atoms with E-state index in [-0.39, 0.29) is 17.7 Å².